The predicted octanol–water partition coefficient (Wildman–Crippen LogP) is 2.44. The molecule has 1 aromatic carbocycles. The van der Waals surface area contributed by atoms with Crippen LogP contribution < -0.4 is 5.56 Å². The number of fused-ring (bicyclic) bond motifs is 1. The molecule has 5 nitrogen and oxygen atoms in total. The lowest BCUT2D eigenvalue weighted by Crippen LogP contribution is -2.25. The van der Waals surface area contributed by atoms with Crippen LogP contribution in [0.1, 0.15) is 10.5 Å². The molecule has 0 saturated heterocycles. The van der Waals surface area contributed by atoms with E-state index in [0.717, 1.165) is 4.57 Å². The SMILES string of the molecule is Cn1c(C(=O)O)c(-c2ccc(F)cc2)c2ncccc2c1=O. The Morgan fingerprint density at radius 3 is 2.55 bits per heavy atom. The second kappa shape index (κ2) is 5.07. The molecule has 6 heteroatoms. The minimum Gasteiger partial charge on any atom is -0.477 e. The zero-order chi connectivity index (χ0) is 15.9. The van der Waals surface area contributed by atoms with Crippen LogP contribution in [0.5, 0.6) is 0 Å². The number of halogens is 1. The Bertz CT molecular complexity index is 946. The fourth-order valence-electron chi connectivity index (χ4n) is 2.48. The third-order valence-electron chi connectivity index (χ3n) is 3.49. The van der Waals surface area contributed by atoms with Crippen molar-refractivity contribution in [2.24, 2.45) is 7.05 Å². The Hall–Kier alpha value is -3.02. The number of carboxylic acids is 1. The molecular weight excluding hydrogens is 287 g/mol. The Morgan fingerprint density at radius 2 is 1.91 bits per heavy atom. The maximum atomic E-state index is 13.1. The molecule has 2 aromatic heterocycles. The molecule has 3 aromatic rings. The quantitative estimate of drug-likeness (QED) is 0.788. The fourth-order valence-corrected chi connectivity index (χ4v) is 2.48. The average molecular weight is 298 g/mol. The highest BCUT2D eigenvalue weighted by molar-refractivity contribution is 6.04. The number of hydrogen-bond acceptors (Lipinski definition) is 3. The first-order valence-electron chi connectivity index (χ1n) is 6.47. The van der Waals surface area contributed by atoms with Crippen LogP contribution in [-0.2, 0) is 7.05 Å². The normalized spacial score (nSPS) is 10.8. The van der Waals surface area contributed by atoms with E-state index in [4.69, 9.17) is 0 Å². The number of hydrogen-bond donors (Lipinski definition) is 1. The van der Waals surface area contributed by atoms with Crippen LogP contribution in [-0.4, -0.2) is 20.6 Å². The van der Waals surface area contributed by atoms with E-state index < -0.39 is 17.3 Å². The molecule has 0 amide bonds. The molecule has 0 aliphatic carbocycles. The molecule has 0 aliphatic heterocycles. The molecule has 0 radical (unpaired) electrons. The number of nitrogens with zero attached hydrogens (tertiary/aromatic N) is 2. The monoisotopic (exact) mass is 298 g/mol. The van der Waals surface area contributed by atoms with Crippen LogP contribution in [0.2, 0.25) is 0 Å². The van der Waals surface area contributed by atoms with Gasteiger partial charge >= 0.3 is 5.97 Å². The van der Waals surface area contributed by atoms with E-state index in [9.17, 15) is 19.1 Å². The van der Waals surface area contributed by atoms with Crippen molar-refractivity contribution in [2.75, 3.05) is 0 Å². The summed E-state index contributed by atoms with van der Waals surface area (Å²) in [6.07, 6.45) is 1.49. The van der Waals surface area contributed by atoms with Gasteiger partial charge in [0.25, 0.3) is 5.56 Å². The van der Waals surface area contributed by atoms with Gasteiger partial charge in [-0.1, -0.05) is 12.1 Å². The summed E-state index contributed by atoms with van der Waals surface area (Å²) in [5.74, 6) is -1.67. The Kier molecular flexibility index (Phi) is 3.21. The summed E-state index contributed by atoms with van der Waals surface area (Å²) in [6, 6.07) is 8.61. The summed E-state index contributed by atoms with van der Waals surface area (Å²) in [4.78, 5) is 28.1. The van der Waals surface area contributed by atoms with Crippen molar-refractivity contribution in [3.8, 4) is 11.1 Å². The fraction of sp³-hybridized carbons (Fsp3) is 0.0625. The molecule has 1 N–H and O–H groups in total. The van der Waals surface area contributed by atoms with Crippen molar-refractivity contribution >= 4 is 16.9 Å². The maximum absolute atomic E-state index is 13.1. The molecular formula is C16H11FN2O3. The molecule has 0 aliphatic rings. The number of pyridine rings is 2. The lowest BCUT2D eigenvalue weighted by molar-refractivity contribution is 0.0686. The van der Waals surface area contributed by atoms with Crippen molar-refractivity contribution in [1.29, 1.82) is 0 Å². The first-order valence-corrected chi connectivity index (χ1v) is 6.47. The highest BCUT2D eigenvalue weighted by atomic mass is 19.1. The summed E-state index contributed by atoms with van der Waals surface area (Å²) >= 11 is 0. The van der Waals surface area contributed by atoms with Crippen LogP contribution in [0.15, 0.2) is 47.4 Å². The minimum absolute atomic E-state index is 0.178. The Labute approximate surface area is 124 Å². The van der Waals surface area contributed by atoms with Crippen molar-refractivity contribution in [2.45, 2.75) is 0 Å². The number of carboxylic acid groups (broad SMARTS) is 1. The van der Waals surface area contributed by atoms with Gasteiger partial charge < -0.3 is 9.67 Å². The summed E-state index contributed by atoms with van der Waals surface area (Å²) in [5.41, 5.74) is 0.451. The summed E-state index contributed by atoms with van der Waals surface area (Å²) in [6.45, 7) is 0. The van der Waals surface area contributed by atoms with E-state index >= 15 is 0 Å². The van der Waals surface area contributed by atoms with E-state index in [1.165, 1.54) is 37.5 Å². The van der Waals surface area contributed by atoms with Gasteiger partial charge in [-0.15, -0.1) is 0 Å². The van der Waals surface area contributed by atoms with Crippen molar-refractivity contribution < 1.29 is 14.3 Å². The molecule has 110 valence electrons. The molecule has 0 fully saturated rings. The molecule has 0 spiro atoms. The second-order valence-electron chi connectivity index (χ2n) is 4.80. The number of benzene rings is 1. The van der Waals surface area contributed by atoms with Crippen molar-refractivity contribution in [1.82, 2.24) is 9.55 Å². The third kappa shape index (κ3) is 2.05. The topological polar surface area (TPSA) is 72.2 Å². The van der Waals surface area contributed by atoms with E-state index in [2.05, 4.69) is 4.98 Å². The molecule has 0 saturated carbocycles. The first-order chi connectivity index (χ1) is 10.5. The minimum atomic E-state index is -1.24. The standard InChI is InChI=1S/C16H11FN2O3/c1-19-14(16(21)22)12(9-4-6-10(17)7-5-9)13-11(15(19)20)3-2-8-18-13/h2-8H,1H3,(H,21,22). The van der Waals surface area contributed by atoms with Crippen LogP contribution in [0, 0.1) is 5.82 Å². The zero-order valence-corrected chi connectivity index (χ0v) is 11.6. The second-order valence-corrected chi connectivity index (χ2v) is 4.80. The lowest BCUT2D eigenvalue weighted by Gasteiger charge is -2.13. The van der Waals surface area contributed by atoms with Gasteiger partial charge in [0, 0.05) is 18.8 Å². The van der Waals surface area contributed by atoms with Crippen LogP contribution >= 0.6 is 0 Å². The molecule has 0 atom stereocenters. The van der Waals surface area contributed by atoms with E-state index in [1.807, 2.05) is 0 Å². The van der Waals surface area contributed by atoms with Gasteiger partial charge in [0.15, 0.2) is 0 Å². The molecule has 0 unspecified atom stereocenters. The molecule has 3 rings (SSSR count). The van der Waals surface area contributed by atoms with Gasteiger partial charge in [0.1, 0.15) is 11.5 Å². The number of rotatable bonds is 2. The van der Waals surface area contributed by atoms with Gasteiger partial charge in [0.05, 0.1) is 10.9 Å². The first kappa shape index (κ1) is 13.9. The predicted molar refractivity (Wildman–Crippen MR) is 79.3 cm³/mol. The van der Waals surface area contributed by atoms with Crippen LogP contribution in [0.4, 0.5) is 4.39 Å². The summed E-state index contributed by atoms with van der Waals surface area (Å²) < 4.78 is 14.2. The van der Waals surface area contributed by atoms with E-state index in [0.29, 0.717) is 16.5 Å². The number of aromatic carboxylic acids is 1. The Balaban J connectivity index is 2.53. The lowest BCUT2D eigenvalue weighted by atomic mass is 10.00. The van der Waals surface area contributed by atoms with Crippen molar-refractivity contribution in [3.05, 3.63) is 64.5 Å². The van der Waals surface area contributed by atoms with Crippen LogP contribution in [0.3, 0.4) is 0 Å². The summed E-state index contributed by atoms with van der Waals surface area (Å²) in [5, 5.41) is 9.80. The van der Waals surface area contributed by atoms with Gasteiger partial charge in [-0.3, -0.25) is 9.78 Å². The molecule has 0 bridgehead atoms. The van der Waals surface area contributed by atoms with Gasteiger partial charge in [-0.2, -0.15) is 0 Å². The summed E-state index contributed by atoms with van der Waals surface area (Å²) in [7, 11) is 1.39. The molecule has 22 heavy (non-hydrogen) atoms. The average Bonchev–Trinajstić information content (AvgIpc) is 2.51. The highest BCUT2D eigenvalue weighted by Gasteiger charge is 2.21. The Morgan fingerprint density at radius 1 is 1.23 bits per heavy atom. The smallest absolute Gasteiger partial charge is 0.353 e. The van der Waals surface area contributed by atoms with E-state index in [1.54, 1.807) is 12.1 Å². The largest absolute Gasteiger partial charge is 0.477 e. The van der Waals surface area contributed by atoms with Crippen LogP contribution in [0.25, 0.3) is 22.0 Å². The number of carbonyl (C=O) groups is 1. The maximum Gasteiger partial charge on any atom is 0.353 e. The van der Waals surface area contributed by atoms with Gasteiger partial charge in [0.2, 0.25) is 0 Å². The van der Waals surface area contributed by atoms with Gasteiger partial charge in [-0.25, -0.2) is 9.18 Å². The molecule has 2 heterocycles. The van der Waals surface area contributed by atoms with Gasteiger partial charge in [-0.05, 0) is 29.8 Å². The highest BCUT2D eigenvalue weighted by Crippen LogP contribution is 2.29. The zero-order valence-electron chi connectivity index (χ0n) is 11.6. The third-order valence-corrected chi connectivity index (χ3v) is 3.49. The van der Waals surface area contributed by atoms with Crippen molar-refractivity contribution in [3.63, 3.8) is 0 Å². The number of aromatic nitrogens is 2. The van der Waals surface area contributed by atoms with E-state index in [-0.39, 0.29) is 11.2 Å².